The molecule has 0 aliphatic carbocycles. The van der Waals surface area contributed by atoms with Gasteiger partial charge in [-0.25, -0.2) is 4.79 Å². The van der Waals surface area contributed by atoms with Crippen LogP contribution in [0.25, 0.3) is 0 Å². The SMILES string of the molecule is CCOC(=O)COC[C@H](N)c1ccc(B2OC(C)(C)C(C)(C)O2)cc1. The molecule has 2 rings (SSSR count). The van der Waals surface area contributed by atoms with E-state index in [1.165, 1.54) is 0 Å². The quantitative estimate of drug-likeness (QED) is 0.595. The Bertz CT molecular complexity index is 572. The van der Waals surface area contributed by atoms with Crippen LogP contribution in [0.2, 0.25) is 0 Å². The second-order valence-electron chi connectivity index (χ2n) is 7.18. The maximum atomic E-state index is 11.2. The molecule has 0 unspecified atom stereocenters. The molecule has 6 nitrogen and oxygen atoms in total. The lowest BCUT2D eigenvalue weighted by Gasteiger charge is -2.32. The summed E-state index contributed by atoms with van der Waals surface area (Å²) >= 11 is 0. The number of hydrogen-bond acceptors (Lipinski definition) is 6. The normalized spacial score (nSPS) is 19.7. The summed E-state index contributed by atoms with van der Waals surface area (Å²) in [5.41, 5.74) is 7.24. The molecule has 2 N–H and O–H groups in total. The van der Waals surface area contributed by atoms with Crippen molar-refractivity contribution in [2.45, 2.75) is 51.9 Å². The van der Waals surface area contributed by atoms with Gasteiger partial charge < -0.3 is 24.5 Å². The van der Waals surface area contributed by atoms with Gasteiger partial charge in [0, 0.05) is 0 Å². The van der Waals surface area contributed by atoms with Crippen molar-refractivity contribution in [2.75, 3.05) is 19.8 Å². The highest BCUT2D eigenvalue weighted by Gasteiger charge is 2.51. The van der Waals surface area contributed by atoms with Gasteiger partial charge in [0.2, 0.25) is 0 Å². The summed E-state index contributed by atoms with van der Waals surface area (Å²) in [6.45, 7) is 10.4. The first kappa shape index (κ1) is 19.9. The zero-order valence-corrected chi connectivity index (χ0v) is 15.7. The van der Waals surface area contributed by atoms with Crippen molar-refractivity contribution in [1.82, 2.24) is 0 Å². The lowest BCUT2D eigenvalue weighted by molar-refractivity contribution is -0.148. The number of hydrogen-bond donors (Lipinski definition) is 1. The summed E-state index contributed by atoms with van der Waals surface area (Å²) in [6.07, 6.45) is 0. The number of rotatable bonds is 7. The van der Waals surface area contributed by atoms with Crippen molar-refractivity contribution < 1.29 is 23.6 Å². The Morgan fingerprint density at radius 1 is 1.16 bits per heavy atom. The van der Waals surface area contributed by atoms with Crippen LogP contribution in [0, 0.1) is 0 Å². The minimum atomic E-state index is -0.393. The number of carbonyl (C=O) groups excluding carboxylic acids is 1. The third-order valence-corrected chi connectivity index (χ3v) is 4.71. The molecular formula is C18H28BNO5. The molecule has 1 aliphatic heterocycles. The molecule has 1 aliphatic rings. The third-order valence-electron chi connectivity index (χ3n) is 4.71. The summed E-state index contributed by atoms with van der Waals surface area (Å²) in [5.74, 6) is -0.384. The van der Waals surface area contributed by atoms with E-state index in [-0.39, 0.29) is 36.4 Å². The molecule has 1 aromatic carbocycles. The molecule has 1 heterocycles. The maximum absolute atomic E-state index is 11.2. The van der Waals surface area contributed by atoms with E-state index in [1.807, 2.05) is 52.0 Å². The van der Waals surface area contributed by atoms with E-state index in [9.17, 15) is 4.79 Å². The topological polar surface area (TPSA) is 80.0 Å². The number of benzene rings is 1. The van der Waals surface area contributed by atoms with Crippen LogP contribution in [-0.4, -0.2) is 44.1 Å². The van der Waals surface area contributed by atoms with Crippen molar-refractivity contribution in [2.24, 2.45) is 5.73 Å². The zero-order chi connectivity index (χ0) is 18.7. The van der Waals surface area contributed by atoms with Gasteiger partial charge in [-0.05, 0) is 45.6 Å². The van der Waals surface area contributed by atoms with Crippen LogP contribution in [0.4, 0.5) is 0 Å². The Kier molecular flexibility index (Phi) is 6.27. The standard InChI is InChI=1S/C18H28BNO5/c1-6-23-16(21)12-22-11-15(20)13-7-9-14(10-8-13)19-24-17(2,3)18(4,5)25-19/h7-10,15H,6,11-12,20H2,1-5H3/t15-/m0/s1. The number of ether oxygens (including phenoxy) is 2. The fourth-order valence-electron chi connectivity index (χ4n) is 2.45. The molecule has 25 heavy (non-hydrogen) atoms. The van der Waals surface area contributed by atoms with E-state index in [0.717, 1.165) is 11.0 Å². The van der Waals surface area contributed by atoms with Crippen LogP contribution in [0.1, 0.15) is 46.2 Å². The van der Waals surface area contributed by atoms with Crippen LogP contribution in [0.15, 0.2) is 24.3 Å². The van der Waals surface area contributed by atoms with Gasteiger partial charge >= 0.3 is 13.1 Å². The van der Waals surface area contributed by atoms with E-state index in [4.69, 9.17) is 24.5 Å². The van der Waals surface area contributed by atoms with E-state index < -0.39 is 7.12 Å². The lowest BCUT2D eigenvalue weighted by atomic mass is 9.78. The van der Waals surface area contributed by atoms with E-state index in [0.29, 0.717) is 6.61 Å². The predicted molar refractivity (Wildman–Crippen MR) is 96.5 cm³/mol. The van der Waals surface area contributed by atoms with Crippen molar-refractivity contribution in [1.29, 1.82) is 0 Å². The highest BCUT2D eigenvalue weighted by Crippen LogP contribution is 2.36. The molecular weight excluding hydrogens is 321 g/mol. The van der Waals surface area contributed by atoms with Crippen LogP contribution >= 0.6 is 0 Å². The molecule has 0 aromatic heterocycles. The molecule has 1 atom stereocenters. The average Bonchev–Trinajstić information content (AvgIpc) is 2.76. The Balaban J connectivity index is 1.91. The molecule has 1 aromatic rings. The van der Waals surface area contributed by atoms with E-state index in [1.54, 1.807) is 6.92 Å². The molecule has 0 saturated carbocycles. The van der Waals surface area contributed by atoms with Gasteiger partial charge in [0.1, 0.15) is 6.61 Å². The van der Waals surface area contributed by atoms with Crippen LogP contribution < -0.4 is 11.2 Å². The first-order chi connectivity index (χ1) is 11.7. The van der Waals surface area contributed by atoms with E-state index in [2.05, 4.69) is 0 Å². The fraction of sp³-hybridized carbons (Fsp3) is 0.611. The Labute approximate surface area is 150 Å². The molecule has 0 spiro atoms. The molecule has 0 radical (unpaired) electrons. The molecule has 0 amide bonds. The van der Waals surface area contributed by atoms with Crippen LogP contribution in [-0.2, 0) is 23.6 Å². The third kappa shape index (κ3) is 4.82. The van der Waals surface area contributed by atoms with Gasteiger partial charge in [0.05, 0.1) is 30.5 Å². The summed E-state index contributed by atoms with van der Waals surface area (Å²) in [4.78, 5) is 11.2. The van der Waals surface area contributed by atoms with Gasteiger partial charge in [-0.3, -0.25) is 0 Å². The average molecular weight is 349 g/mol. The fourth-order valence-corrected chi connectivity index (χ4v) is 2.45. The smallest absolute Gasteiger partial charge is 0.464 e. The Morgan fingerprint density at radius 3 is 2.24 bits per heavy atom. The molecule has 7 heteroatoms. The lowest BCUT2D eigenvalue weighted by Crippen LogP contribution is -2.41. The van der Waals surface area contributed by atoms with E-state index >= 15 is 0 Å². The number of esters is 1. The monoisotopic (exact) mass is 349 g/mol. The number of nitrogens with two attached hydrogens (primary N) is 1. The first-order valence-electron chi connectivity index (χ1n) is 8.60. The molecule has 1 saturated heterocycles. The summed E-state index contributed by atoms with van der Waals surface area (Å²) < 4.78 is 22.2. The van der Waals surface area contributed by atoms with Crippen LogP contribution in [0.3, 0.4) is 0 Å². The summed E-state index contributed by atoms with van der Waals surface area (Å²) in [5, 5.41) is 0. The Hall–Kier alpha value is -1.41. The highest BCUT2D eigenvalue weighted by atomic mass is 16.7. The first-order valence-corrected chi connectivity index (χ1v) is 8.60. The minimum absolute atomic E-state index is 0.0897. The van der Waals surface area contributed by atoms with Crippen molar-refractivity contribution in [3.63, 3.8) is 0 Å². The zero-order valence-electron chi connectivity index (χ0n) is 15.7. The predicted octanol–water partition coefficient (Wildman–Crippen LogP) is 1.57. The highest BCUT2D eigenvalue weighted by molar-refractivity contribution is 6.62. The van der Waals surface area contributed by atoms with Gasteiger partial charge in [-0.1, -0.05) is 24.3 Å². The molecule has 138 valence electrons. The van der Waals surface area contributed by atoms with Gasteiger partial charge in [0.25, 0.3) is 0 Å². The van der Waals surface area contributed by atoms with Gasteiger partial charge in [-0.2, -0.15) is 0 Å². The summed E-state index contributed by atoms with van der Waals surface area (Å²) in [7, 11) is -0.393. The molecule has 0 bridgehead atoms. The minimum Gasteiger partial charge on any atom is -0.464 e. The van der Waals surface area contributed by atoms with Crippen molar-refractivity contribution in [3.8, 4) is 0 Å². The van der Waals surface area contributed by atoms with Gasteiger partial charge in [-0.15, -0.1) is 0 Å². The largest absolute Gasteiger partial charge is 0.494 e. The number of carbonyl (C=O) groups is 1. The van der Waals surface area contributed by atoms with Crippen molar-refractivity contribution in [3.05, 3.63) is 29.8 Å². The summed E-state index contributed by atoms with van der Waals surface area (Å²) in [6, 6.07) is 7.44. The van der Waals surface area contributed by atoms with Crippen LogP contribution in [0.5, 0.6) is 0 Å². The van der Waals surface area contributed by atoms with Crippen molar-refractivity contribution >= 4 is 18.6 Å². The molecule has 1 fully saturated rings. The second kappa shape index (κ2) is 7.87. The second-order valence-corrected chi connectivity index (χ2v) is 7.18. The maximum Gasteiger partial charge on any atom is 0.494 e. The Morgan fingerprint density at radius 2 is 1.72 bits per heavy atom. The van der Waals surface area contributed by atoms with Gasteiger partial charge in [0.15, 0.2) is 0 Å².